The molecule has 0 unspecified atom stereocenters. The molecule has 1 heterocycles. The summed E-state index contributed by atoms with van der Waals surface area (Å²) in [4.78, 5) is 23.6. The van der Waals surface area contributed by atoms with E-state index in [1.165, 1.54) is 6.42 Å². The second-order valence-electron chi connectivity index (χ2n) is 8.69. The molecule has 0 spiro atoms. The molecule has 0 radical (unpaired) electrons. The van der Waals surface area contributed by atoms with Gasteiger partial charge in [0.2, 0.25) is 11.1 Å². The molecular weight excluding hydrogens is 310 g/mol. The molecule has 0 aromatic carbocycles. The van der Waals surface area contributed by atoms with Crippen LogP contribution in [0.25, 0.3) is 0 Å². The minimum Gasteiger partial charge on any atom is -0.349 e. The van der Waals surface area contributed by atoms with Crippen molar-refractivity contribution in [1.29, 1.82) is 0 Å². The molecule has 1 aliphatic heterocycles. The predicted octanol–water partition coefficient (Wildman–Crippen LogP) is 3.67. The molecule has 3 aliphatic carbocycles. The average Bonchev–Trinajstić information content (AvgIpc) is 2.85. The summed E-state index contributed by atoms with van der Waals surface area (Å²) in [5.41, 5.74) is 0.159. The van der Waals surface area contributed by atoms with E-state index in [1.54, 1.807) is 6.08 Å². The Morgan fingerprint density at radius 3 is 2.70 bits per heavy atom. The number of halogens is 1. The Bertz CT molecular complexity index is 588. The molecule has 4 heteroatoms. The van der Waals surface area contributed by atoms with Crippen molar-refractivity contribution in [2.75, 3.05) is 0 Å². The highest BCUT2D eigenvalue weighted by Gasteiger charge is 2.60. The first-order chi connectivity index (χ1) is 10.9. The number of carbonyl (C=O) groups excluding carboxylic acids is 2. The highest BCUT2D eigenvalue weighted by molar-refractivity contribution is 6.64. The standard InChI is InChI=1S/C19H26ClNO2/c1-18-9-7-13-11(12(18)4-5-14(18)17(20)23)3-6-15-19(13,2)10-8-16(22)21-15/h8,10-15H,3-7,9H2,1-2H3,(H,21,22)/t11-,12-,13-,14-,15+,18-,19+/m0/s1. The van der Waals surface area contributed by atoms with E-state index in [0.717, 1.165) is 32.1 Å². The molecule has 3 fully saturated rings. The van der Waals surface area contributed by atoms with Crippen LogP contribution < -0.4 is 5.32 Å². The van der Waals surface area contributed by atoms with Gasteiger partial charge in [-0.15, -0.1) is 0 Å². The molecule has 23 heavy (non-hydrogen) atoms. The van der Waals surface area contributed by atoms with Crippen LogP contribution in [0.3, 0.4) is 0 Å². The smallest absolute Gasteiger partial charge is 0.243 e. The zero-order chi connectivity index (χ0) is 16.4. The SMILES string of the molecule is C[C@]12C=CC(=O)N[C@@H]1CC[C@@H]1[C@@H]2CC[C@]2(C)[C@H](C(=O)Cl)CC[C@@H]12. The quantitative estimate of drug-likeness (QED) is 0.743. The maximum absolute atomic E-state index is 11.9. The molecule has 7 atom stereocenters. The first kappa shape index (κ1) is 15.7. The van der Waals surface area contributed by atoms with Crippen LogP contribution in [-0.4, -0.2) is 17.2 Å². The van der Waals surface area contributed by atoms with E-state index in [4.69, 9.17) is 11.6 Å². The van der Waals surface area contributed by atoms with E-state index < -0.39 is 0 Å². The average molecular weight is 336 g/mol. The summed E-state index contributed by atoms with van der Waals surface area (Å²) in [5, 5.41) is 3.06. The van der Waals surface area contributed by atoms with Gasteiger partial charge in [-0.1, -0.05) is 19.9 Å². The largest absolute Gasteiger partial charge is 0.349 e. The highest BCUT2D eigenvalue weighted by atomic mass is 35.5. The van der Waals surface area contributed by atoms with Crippen LogP contribution in [-0.2, 0) is 9.59 Å². The third-order valence-corrected chi connectivity index (χ3v) is 8.22. The lowest BCUT2D eigenvalue weighted by atomic mass is 9.48. The Labute approximate surface area is 143 Å². The molecule has 0 saturated heterocycles. The van der Waals surface area contributed by atoms with Gasteiger partial charge in [0, 0.05) is 17.4 Å². The fraction of sp³-hybridized carbons (Fsp3) is 0.789. The Morgan fingerprint density at radius 1 is 1.17 bits per heavy atom. The van der Waals surface area contributed by atoms with Gasteiger partial charge in [-0.25, -0.2) is 0 Å². The molecule has 4 aliphatic rings. The number of nitrogens with one attached hydrogen (secondary N) is 1. The molecule has 3 saturated carbocycles. The molecule has 126 valence electrons. The molecule has 0 aromatic heterocycles. The summed E-state index contributed by atoms with van der Waals surface area (Å²) in [6, 6.07) is 0.275. The van der Waals surface area contributed by atoms with E-state index >= 15 is 0 Å². The number of fused-ring (bicyclic) bond motifs is 5. The van der Waals surface area contributed by atoms with E-state index in [1.807, 2.05) is 0 Å². The van der Waals surface area contributed by atoms with Crippen molar-refractivity contribution < 1.29 is 9.59 Å². The molecule has 1 N–H and O–H groups in total. The van der Waals surface area contributed by atoms with Gasteiger partial charge in [-0.3, -0.25) is 9.59 Å². The monoisotopic (exact) mass is 335 g/mol. The lowest BCUT2D eigenvalue weighted by Gasteiger charge is -2.58. The lowest BCUT2D eigenvalue weighted by Crippen LogP contribution is -2.59. The van der Waals surface area contributed by atoms with Gasteiger partial charge in [0.05, 0.1) is 0 Å². The fourth-order valence-corrected chi connectivity index (χ4v) is 7.06. The van der Waals surface area contributed by atoms with E-state index in [2.05, 4.69) is 25.2 Å². The third kappa shape index (κ3) is 2.08. The van der Waals surface area contributed by atoms with Crippen LogP contribution in [0.1, 0.15) is 52.4 Å². The second-order valence-corrected chi connectivity index (χ2v) is 9.07. The summed E-state index contributed by atoms with van der Waals surface area (Å²) >= 11 is 5.93. The summed E-state index contributed by atoms with van der Waals surface area (Å²) in [6.45, 7) is 4.63. The van der Waals surface area contributed by atoms with Gasteiger partial charge >= 0.3 is 0 Å². The van der Waals surface area contributed by atoms with Gasteiger partial charge in [0.1, 0.15) is 0 Å². The van der Waals surface area contributed by atoms with Gasteiger partial charge in [0.15, 0.2) is 0 Å². The maximum Gasteiger partial charge on any atom is 0.243 e. The van der Waals surface area contributed by atoms with Crippen molar-refractivity contribution in [2.45, 2.75) is 58.4 Å². The van der Waals surface area contributed by atoms with E-state index in [0.29, 0.717) is 17.8 Å². The first-order valence-corrected chi connectivity index (χ1v) is 9.43. The lowest BCUT2D eigenvalue weighted by molar-refractivity contribution is -0.126. The van der Waals surface area contributed by atoms with Crippen LogP contribution >= 0.6 is 11.6 Å². The normalized spacial score (nSPS) is 51.4. The zero-order valence-corrected chi connectivity index (χ0v) is 14.7. The fourth-order valence-electron chi connectivity index (χ4n) is 6.71. The number of hydrogen-bond acceptors (Lipinski definition) is 2. The summed E-state index contributed by atoms with van der Waals surface area (Å²) in [6.07, 6.45) is 10.5. The van der Waals surface area contributed by atoms with Gasteiger partial charge in [-0.2, -0.15) is 0 Å². The molecule has 1 amide bonds. The van der Waals surface area contributed by atoms with Crippen molar-refractivity contribution in [3.8, 4) is 0 Å². The molecule has 0 bridgehead atoms. The summed E-state index contributed by atoms with van der Waals surface area (Å²) < 4.78 is 0. The number of hydrogen-bond donors (Lipinski definition) is 1. The number of amides is 1. The van der Waals surface area contributed by atoms with Crippen molar-refractivity contribution >= 4 is 22.8 Å². The van der Waals surface area contributed by atoms with Crippen LogP contribution in [0.4, 0.5) is 0 Å². The Balaban J connectivity index is 1.66. The van der Waals surface area contributed by atoms with Crippen molar-refractivity contribution in [3.05, 3.63) is 12.2 Å². The molecule has 0 aromatic rings. The summed E-state index contributed by atoms with van der Waals surface area (Å²) in [5.74, 6) is 1.98. The van der Waals surface area contributed by atoms with Gasteiger partial charge in [0.25, 0.3) is 0 Å². The van der Waals surface area contributed by atoms with Gasteiger partial charge < -0.3 is 5.32 Å². The van der Waals surface area contributed by atoms with Crippen molar-refractivity contribution in [3.63, 3.8) is 0 Å². The molecule has 4 rings (SSSR count). The van der Waals surface area contributed by atoms with Crippen LogP contribution in [0, 0.1) is 34.5 Å². The highest BCUT2D eigenvalue weighted by Crippen LogP contribution is 2.65. The zero-order valence-electron chi connectivity index (χ0n) is 14.0. The maximum atomic E-state index is 11.9. The Hall–Kier alpha value is -0.830. The van der Waals surface area contributed by atoms with Crippen molar-refractivity contribution in [1.82, 2.24) is 5.32 Å². The Kier molecular flexibility index (Phi) is 3.46. The van der Waals surface area contributed by atoms with Crippen LogP contribution in [0.2, 0.25) is 0 Å². The minimum atomic E-state index is -0.127. The topological polar surface area (TPSA) is 46.2 Å². The van der Waals surface area contributed by atoms with Crippen LogP contribution in [0.5, 0.6) is 0 Å². The Morgan fingerprint density at radius 2 is 1.96 bits per heavy atom. The number of carbonyl (C=O) groups is 2. The van der Waals surface area contributed by atoms with Gasteiger partial charge in [-0.05, 0) is 79.4 Å². The molecular formula is C19H26ClNO2. The second kappa shape index (κ2) is 5.08. The third-order valence-electron chi connectivity index (χ3n) is 7.96. The first-order valence-electron chi connectivity index (χ1n) is 9.05. The van der Waals surface area contributed by atoms with E-state index in [-0.39, 0.29) is 33.9 Å². The predicted molar refractivity (Wildman–Crippen MR) is 89.8 cm³/mol. The number of rotatable bonds is 1. The summed E-state index contributed by atoms with van der Waals surface area (Å²) in [7, 11) is 0. The van der Waals surface area contributed by atoms with Crippen LogP contribution in [0.15, 0.2) is 12.2 Å². The van der Waals surface area contributed by atoms with E-state index in [9.17, 15) is 9.59 Å². The van der Waals surface area contributed by atoms with Crippen molar-refractivity contribution in [2.24, 2.45) is 34.5 Å². The molecule has 3 nitrogen and oxygen atoms in total. The minimum absolute atomic E-state index is 0.0437.